The molecule has 7 heteroatoms. The lowest BCUT2D eigenvalue weighted by molar-refractivity contribution is -0.116. The standard InChI is InChI=1S/C28H35Cl2NO4/c1-3-4-7-17(2)25(32)11-10-21-22-13-18(12-19(22)14-26(21)33)8-5-6-9-27(34)31-20-15-23(29)28(35)24(30)16-20/h8,10-11,15-17,19,21-22,25-26,32-33,35H,5-7,9,12-14H2,1-2H3,(H,31,34)/b11-10+,18-8-/t17-,19+,21-,22-,25+,26+/m0/s1. The topological polar surface area (TPSA) is 89.8 Å². The first-order valence-corrected chi connectivity index (χ1v) is 13.0. The van der Waals surface area contributed by atoms with Crippen LogP contribution in [0.5, 0.6) is 5.75 Å². The molecule has 2 aliphatic carbocycles. The molecule has 1 aromatic carbocycles. The third-order valence-electron chi connectivity index (χ3n) is 7.17. The van der Waals surface area contributed by atoms with Gasteiger partial charge in [0.05, 0.1) is 22.3 Å². The molecule has 5 nitrogen and oxygen atoms in total. The average Bonchev–Trinajstić information content (AvgIpc) is 3.33. The Morgan fingerprint density at radius 1 is 1.29 bits per heavy atom. The van der Waals surface area contributed by atoms with Gasteiger partial charge >= 0.3 is 0 Å². The van der Waals surface area contributed by atoms with Gasteiger partial charge in [-0.3, -0.25) is 4.79 Å². The number of carbonyl (C=O) groups is 1. The number of hydrogen-bond donors (Lipinski definition) is 4. The molecule has 6 atom stereocenters. The molecule has 4 N–H and O–H groups in total. The molecule has 2 saturated carbocycles. The number of phenolic OH excluding ortho intramolecular Hbond substituents is 1. The van der Waals surface area contributed by atoms with Crippen LogP contribution in [0.4, 0.5) is 5.69 Å². The Morgan fingerprint density at radius 3 is 2.69 bits per heavy atom. The number of aromatic hydroxyl groups is 1. The molecule has 0 bridgehead atoms. The number of benzene rings is 1. The number of hydrogen-bond acceptors (Lipinski definition) is 4. The fraction of sp³-hybridized carbons (Fsp3) is 0.536. The van der Waals surface area contributed by atoms with Crippen molar-refractivity contribution in [1.82, 2.24) is 0 Å². The number of amides is 1. The summed E-state index contributed by atoms with van der Waals surface area (Å²) in [5, 5.41) is 33.5. The van der Waals surface area contributed by atoms with Crippen LogP contribution in [0.25, 0.3) is 0 Å². The Bertz CT molecular complexity index is 1000. The van der Waals surface area contributed by atoms with Crippen LogP contribution in [-0.2, 0) is 4.79 Å². The molecule has 2 aliphatic rings. The highest BCUT2D eigenvalue weighted by Gasteiger charge is 2.45. The van der Waals surface area contributed by atoms with E-state index >= 15 is 0 Å². The molecular formula is C28H35Cl2NO4. The largest absolute Gasteiger partial charge is 0.505 e. The Labute approximate surface area is 218 Å². The fourth-order valence-corrected chi connectivity index (χ4v) is 5.67. The maximum absolute atomic E-state index is 12.2. The number of unbranched alkanes of at least 4 members (excludes halogenated alkanes) is 1. The van der Waals surface area contributed by atoms with Crippen molar-refractivity contribution in [3.05, 3.63) is 46.0 Å². The van der Waals surface area contributed by atoms with Crippen LogP contribution in [0, 0.1) is 35.5 Å². The van der Waals surface area contributed by atoms with E-state index in [1.807, 2.05) is 19.1 Å². The number of carbonyl (C=O) groups excluding carboxylic acids is 1. The first-order valence-electron chi connectivity index (χ1n) is 12.3. The zero-order valence-electron chi connectivity index (χ0n) is 20.3. The fourth-order valence-electron chi connectivity index (χ4n) is 5.19. The third-order valence-corrected chi connectivity index (χ3v) is 7.74. The number of nitrogens with one attached hydrogen (secondary N) is 1. The number of anilines is 1. The van der Waals surface area contributed by atoms with E-state index in [9.17, 15) is 20.1 Å². The summed E-state index contributed by atoms with van der Waals surface area (Å²) in [4.78, 5) is 12.2. The Morgan fingerprint density at radius 2 is 2.00 bits per heavy atom. The lowest BCUT2D eigenvalue weighted by Gasteiger charge is -2.19. The summed E-state index contributed by atoms with van der Waals surface area (Å²) >= 11 is 11.8. The lowest BCUT2D eigenvalue weighted by Crippen LogP contribution is -2.19. The van der Waals surface area contributed by atoms with Gasteiger partial charge in [-0.15, -0.1) is 11.8 Å². The predicted molar refractivity (Wildman–Crippen MR) is 141 cm³/mol. The summed E-state index contributed by atoms with van der Waals surface area (Å²) in [5.74, 6) is 6.55. The molecule has 2 fully saturated rings. The maximum Gasteiger partial charge on any atom is 0.224 e. The van der Waals surface area contributed by atoms with Crippen molar-refractivity contribution < 1.29 is 20.1 Å². The molecule has 35 heavy (non-hydrogen) atoms. The first-order chi connectivity index (χ1) is 16.7. The number of phenols is 1. The normalized spacial score (nSPS) is 26.4. The highest BCUT2D eigenvalue weighted by Crippen LogP contribution is 2.50. The molecule has 1 aromatic rings. The molecule has 0 heterocycles. The minimum absolute atomic E-state index is 0.0623. The van der Waals surface area contributed by atoms with E-state index < -0.39 is 6.10 Å². The van der Waals surface area contributed by atoms with Gasteiger partial charge in [-0.2, -0.15) is 0 Å². The predicted octanol–water partition coefficient (Wildman–Crippen LogP) is 6.11. The van der Waals surface area contributed by atoms with E-state index in [0.717, 1.165) is 32.1 Å². The lowest BCUT2D eigenvalue weighted by atomic mass is 9.89. The third kappa shape index (κ3) is 7.51. The molecule has 0 saturated heterocycles. The summed E-state index contributed by atoms with van der Waals surface area (Å²) in [6.07, 6.45) is 10.5. The van der Waals surface area contributed by atoms with Crippen molar-refractivity contribution >= 4 is 34.8 Å². The van der Waals surface area contributed by atoms with Crippen molar-refractivity contribution in [2.24, 2.45) is 23.7 Å². The zero-order chi connectivity index (χ0) is 25.5. The summed E-state index contributed by atoms with van der Waals surface area (Å²) in [6, 6.07) is 2.94. The minimum Gasteiger partial charge on any atom is -0.505 e. The maximum atomic E-state index is 12.2. The number of aliphatic hydroxyl groups excluding tert-OH is 2. The van der Waals surface area contributed by atoms with Crippen LogP contribution in [0.3, 0.4) is 0 Å². The van der Waals surface area contributed by atoms with Gasteiger partial charge in [0, 0.05) is 24.4 Å². The van der Waals surface area contributed by atoms with Gasteiger partial charge in [-0.1, -0.05) is 53.9 Å². The number of halogens is 2. The van der Waals surface area contributed by atoms with E-state index in [0.29, 0.717) is 30.4 Å². The van der Waals surface area contributed by atoms with E-state index in [1.165, 1.54) is 17.7 Å². The van der Waals surface area contributed by atoms with Crippen molar-refractivity contribution in [1.29, 1.82) is 0 Å². The quantitative estimate of drug-likeness (QED) is 0.137. The van der Waals surface area contributed by atoms with Crippen molar-refractivity contribution in [3.8, 4) is 17.6 Å². The van der Waals surface area contributed by atoms with Crippen molar-refractivity contribution in [3.63, 3.8) is 0 Å². The Kier molecular flexibility index (Phi) is 10.1. The minimum atomic E-state index is -0.557. The Hall–Kier alpha value is -1.97. The van der Waals surface area contributed by atoms with Crippen LogP contribution in [0.15, 0.2) is 35.9 Å². The van der Waals surface area contributed by atoms with Crippen molar-refractivity contribution in [2.45, 2.75) is 71.0 Å². The van der Waals surface area contributed by atoms with Gasteiger partial charge in [0.1, 0.15) is 0 Å². The van der Waals surface area contributed by atoms with Crippen LogP contribution >= 0.6 is 23.2 Å². The average molecular weight is 520 g/mol. The van der Waals surface area contributed by atoms with E-state index in [2.05, 4.69) is 23.2 Å². The summed E-state index contributed by atoms with van der Waals surface area (Å²) < 4.78 is 0. The Balaban J connectivity index is 1.46. The van der Waals surface area contributed by atoms with Gasteiger partial charge in [-0.05, 0) is 68.9 Å². The molecule has 190 valence electrons. The summed E-state index contributed by atoms with van der Waals surface area (Å²) in [6.45, 7) is 3.79. The van der Waals surface area contributed by atoms with Gasteiger partial charge in [-0.25, -0.2) is 0 Å². The van der Waals surface area contributed by atoms with Gasteiger partial charge in [0.15, 0.2) is 5.75 Å². The van der Waals surface area contributed by atoms with E-state index in [4.69, 9.17) is 23.2 Å². The number of fused-ring (bicyclic) bond motifs is 1. The monoisotopic (exact) mass is 519 g/mol. The molecule has 0 unspecified atom stereocenters. The number of rotatable bonds is 9. The highest BCUT2D eigenvalue weighted by molar-refractivity contribution is 6.37. The highest BCUT2D eigenvalue weighted by atomic mass is 35.5. The second kappa shape index (κ2) is 12.8. The smallest absolute Gasteiger partial charge is 0.224 e. The van der Waals surface area contributed by atoms with E-state index in [1.54, 1.807) is 6.92 Å². The molecule has 0 aliphatic heterocycles. The van der Waals surface area contributed by atoms with Gasteiger partial charge in [0.2, 0.25) is 5.91 Å². The second-order valence-corrected chi connectivity index (χ2v) is 10.6. The molecule has 0 radical (unpaired) electrons. The number of allylic oxidation sites excluding steroid dienone is 2. The van der Waals surface area contributed by atoms with Crippen molar-refractivity contribution in [2.75, 3.05) is 5.32 Å². The van der Waals surface area contributed by atoms with E-state index in [-0.39, 0.29) is 39.6 Å². The molecule has 3 rings (SSSR count). The molecule has 1 amide bonds. The summed E-state index contributed by atoms with van der Waals surface area (Å²) in [7, 11) is 0. The second-order valence-electron chi connectivity index (χ2n) is 9.79. The van der Waals surface area contributed by atoms with Gasteiger partial charge in [0.25, 0.3) is 0 Å². The summed E-state index contributed by atoms with van der Waals surface area (Å²) in [5.41, 5.74) is 1.86. The van der Waals surface area contributed by atoms with Crippen LogP contribution in [0.1, 0.15) is 58.8 Å². The van der Waals surface area contributed by atoms with Crippen LogP contribution in [0.2, 0.25) is 10.0 Å². The van der Waals surface area contributed by atoms with Crippen LogP contribution in [-0.4, -0.2) is 33.4 Å². The molecular weight excluding hydrogens is 485 g/mol. The number of aliphatic hydroxyl groups is 2. The van der Waals surface area contributed by atoms with Gasteiger partial charge < -0.3 is 20.6 Å². The zero-order valence-corrected chi connectivity index (χ0v) is 21.8. The van der Waals surface area contributed by atoms with Crippen LogP contribution < -0.4 is 5.32 Å². The first kappa shape index (κ1) is 27.6. The molecule has 0 aromatic heterocycles. The SMILES string of the molecule is CC#CC[C@H](C)[C@H](O)/C=C/[C@H]1[C@H]2C/C(=C\CCCC(=O)Nc3cc(Cl)c(O)c(Cl)c3)C[C@@H]2C[C@H]1O. The molecule has 0 spiro atoms.